The number of carbonyl (C=O) groups is 1. The number of nitrogens with one attached hydrogen (secondary N) is 1. The molecule has 1 heterocycles. The highest BCUT2D eigenvalue weighted by Gasteiger charge is 2.30. The van der Waals surface area contributed by atoms with Gasteiger partial charge in [-0.2, -0.15) is 0 Å². The lowest BCUT2D eigenvalue weighted by atomic mass is 10.1. The van der Waals surface area contributed by atoms with E-state index in [1.165, 1.54) is 0 Å². The van der Waals surface area contributed by atoms with Crippen LogP contribution in [0.4, 0.5) is 5.69 Å². The van der Waals surface area contributed by atoms with Crippen LogP contribution in [-0.2, 0) is 0 Å². The van der Waals surface area contributed by atoms with E-state index in [9.17, 15) is 9.90 Å². The molecular formula is C17H20N2O2. The fourth-order valence-electron chi connectivity index (χ4n) is 2.81. The Labute approximate surface area is 124 Å². The highest BCUT2D eigenvalue weighted by atomic mass is 16.3. The van der Waals surface area contributed by atoms with Gasteiger partial charge in [-0.1, -0.05) is 38.1 Å². The second-order valence-corrected chi connectivity index (χ2v) is 5.81. The first-order chi connectivity index (χ1) is 10.1. The molecule has 0 aromatic heterocycles. The van der Waals surface area contributed by atoms with Crippen LogP contribution in [0.2, 0.25) is 0 Å². The Morgan fingerprint density at radius 1 is 1.19 bits per heavy atom. The molecule has 2 aromatic rings. The molecule has 0 saturated heterocycles. The number of amides is 1. The molecule has 4 heteroatoms. The van der Waals surface area contributed by atoms with Crippen molar-refractivity contribution in [2.24, 2.45) is 0 Å². The molecule has 0 fully saturated rings. The van der Waals surface area contributed by atoms with Gasteiger partial charge in [0.15, 0.2) is 0 Å². The predicted octanol–water partition coefficient (Wildman–Crippen LogP) is 2.16. The molecule has 110 valence electrons. The first-order valence-electron chi connectivity index (χ1n) is 7.33. The minimum atomic E-state index is -0.582. The number of rotatable bonds is 5. The summed E-state index contributed by atoms with van der Waals surface area (Å²) in [5.41, 5.74) is 1.63. The number of carbonyl (C=O) groups excluding carboxylic acids is 1. The Kier molecular flexibility index (Phi) is 3.66. The van der Waals surface area contributed by atoms with Crippen molar-refractivity contribution >= 4 is 22.4 Å². The summed E-state index contributed by atoms with van der Waals surface area (Å²) in [7, 11) is 0. The normalized spacial score (nSPS) is 15.2. The SMILES string of the molecule is CC(C)NCC(O)CN1C(=O)c2cccc3cccc1c23. The van der Waals surface area contributed by atoms with Gasteiger partial charge in [0.1, 0.15) is 0 Å². The van der Waals surface area contributed by atoms with Crippen molar-refractivity contribution in [3.05, 3.63) is 42.0 Å². The van der Waals surface area contributed by atoms with Crippen molar-refractivity contribution in [2.75, 3.05) is 18.0 Å². The quantitative estimate of drug-likeness (QED) is 0.884. The van der Waals surface area contributed by atoms with Gasteiger partial charge in [0.05, 0.1) is 18.3 Å². The van der Waals surface area contributed by atoms with E-state index in [1.54, 1.807) is 4.90 Å². The fourth-order valence-corrected chi connectivity index (χ4v) is 2.81. The molecule has 0 spiro atoms. The summed E-state index contributed by atoms with van der Waals surface area (Å²) in [6.45, 7) is 4.86. The van der Waals surface area contributed by atoms with Crippen molar-refractivity contribution in [2.45, 2.75) is 26.0 Å². The number of aliphatic hydroxyl groups excluding tert-OH is 1. The first kappa shape index (κ1) is 14.0. The third-order valence-corrected chi connectivity index (χ3v) is 3.80. The van der Waals surface area contributed by atoms with Gasteiger partial charge in [-0.25, -0.2) is 0 Å². The number of β-amino-alcohol motifs (C(OH)–C–C–N with tert-alkyl or cyclic N) is 1. The Bertz CT molecular complexity index is 676. The molecule has 2 aromatic carbocycles. The topological polar surface area (TPSA) is 52.6 Å². The van der Waals surface area contributed by atoms with E-state index in [4.69, 9.17) is 0 Å². The Balaban J connectivity index is 1.86. The molecule has 0 aliphatic carbocycles. The average molecular weight is 284 g/mol. The molecule has 0 bridgehead atoms. The third kappa shape index (κ3) is 2.52. The lowest BCUT2D eigenvalue weighted by molar-refractivity contribution is 0.0968. The molecule has 0 radical (unpaired) electrons. The molecule has 21 heavy (non-hydrogen) atoms. The fraction of sp³-hybridized carbons (Fsp3) is 0.353. The molecule has 1 aliphatic heterocycles. The van der Waals surface area contributed by atoms with Gasteiger partial charge in [0.25, 0.3) is 5.91 Å². The predicted molar refractivity (Wildman–Crippen MR) is 84.8 cm³/mol. The van der Waals surface area contributed by atoms with Crippen LogP contribution in [0.5, 0.6) is 0 Å². The highest BCUT2D eigenvalue weighted by Crippen LogP contribution is 2.37. The zero-order chi connectivity index (χ0) is 15.0. The second-order valence-electron chi connectivity index (χ2n) is 5.81. The van der Waals surface area contributed by atoms with E-state index in [1.807, 2.05) is 50.2 Å². The maximum Gasteiger partial charge on any atom is 0.259 e. The Hall–Kier alpha value is -1.91. The van der Waals surface area contributed by atoms with Crippen LogP contribution in [-0.4, -0.2) is 36.2 Å². The largest absolute Gasteiger partial charge is 0.390 e. The smallest absolute Gasteiger partial charge is 0.259 e. The number of aliphatic hydroxyl groups is 1. The molecule has 1 amide bonds. The lowest BCUT2D eigenvalue weighted by Gasteiger charge is -2.22. The molecule has 3 rings (SSSR count). The Morgan fingerprint density at radius 2 is 1.90 bits per heavy atom. The summed E-state index contributed by atoms with van der Waals surface area (Å²) in [6.07, 6.45) is -0.582. The number of anilines is 1. The van der Waals surface area contributed by atoms with Crippen molar-refractivity contribution < 1.29 is 9.90 Å². The van der Waals surface area contributed by atoms with Gasteiger partial charge in [0.2, 0.25) is 0 Å². The van der Waals surface area contributed by atoms with Crippen molar-refractivity contribution in [3.8, 4) is 0 Å². The standard InChI is InChI=1S/C17H20N2O2/c1-11(2)18-9-13(20)10-19-15-8-4-6-12-5-3-7-14(16(12)15)17(19)21/h3-8,11,13,18,20H,9-10H2,1-2H3. The Morgan fingerprint density at radius 3 is 2.62 bits per heavy atom. The van der Waals surface area contributed by atoms with Crippen molar-refractivity contribution in [1.29, 1.82) is 0 Å². The summed E-state index contributed by atoms with van der Waals surface area (Å²) >= 11 is 0. The van der Waals surface area contributed by atoms with Gasteiger partial charge < -0.3 is 15.3 Å². The maximum atomic E-state index is 12.5. The molecule has 1 unspecified atom stereocenters. The average Bonchev–Trinajstić information content (AvgIpc) is 2.73. The molecule has 2 N–H and O–H groups in total. The lowest BCUT2D eigenvalue weighted by Crippen LogP contribution is -2.41. The van der Waals surface area contributed by atoms with Gasteiger partial charge in [-0.15, -0.1) is 0 Å². The van der Waals surface area contributed by atoms with E-state index in [0.717, 1.165) is 22.0 Å². The summed E-state index contributed by atoms with van der Waals surface area (Å²) in [5.74, 6) is -0.0228. The van der Waals surface area contributed by atoms with Crippen LogP contribution in [0.1, 0.15) is 24.2 Å². The van der Waals surface area contributed by atoms with Gasteiger partial charge >= 0.3 is 0 Å². The monoisotopic (exact) mass is 284 g/mol. The summed E-state index contributed by atoms with van der Waals surface area (Å²) in [5, 5.41) is 15.4. The number of nitrogens with zero attached hydrogens (tertiary/aromatic N) is 1. The van der Waals surface area contributed by atoms with Crippen LogP contribution >= 0.6 is 0 Å². The van der Waals surface area contributed by atoms with Crippen LogP contribution in [0, 0.1) is 0 Å². The van der Waals surface area contributed by atoms with E-state index in [-0.39, 0.29) is 5.91 Å². The zero-order valence-electron chi connectivity index (χ0n) is 12.3. The van der Waals surface area contributed by atoms with Crippen molar-refractivity contribution in [3.63, 3.8) is 0 Å². The first-order valence-corrected chi connectivity index (χ1v) is 7.33. The second kappa shape index (κ2) is 5.47. The van der Waals surface area contributed by atoms with E-state index < -0.39 is 6.10 Å². The molecule has 1 atom stereocenters. The summed E-state index contributed by atoms with van der Waals surface area (Å²) < 4.78 is 0. The van der Waals surface area contributed by atoms with Crippen LogP contribution in [0.3, 0.4) is 0 Å². The third-order valence-electron chi connectivity index (χ3n) is 3.80. The minimum Gasteiger partial charge on any atom is -0.390 e. The van der Waals surface area contributed by atoms with E-state index in [2.05, 4.69) is 5.32 Å². The van der Waals surface area contributed by atoms with E-state index >= 15 is 0 Å². The van der Waals surface area contributed by atoms with Crippen LogP contribution in [0.25, 0.3) is 10.8 Å². The number of hydrogen-bond acceptors (Lipinski definition) is 3. The molecule has 0 saturated carbocycles. The zero-order valence-corrected chi connectivity index (χ0v) is 12.3. The van der Waals surface area contributed by atoms with E-state index in [0.29, 0.717) is 19.1 Å². The highest BCUT2D eigenvalue weighted by molar-refractivity contribution is 6.25. The molecule has 1 aliphatic rings. The summed E-state index contributed by atoms with van der Waals surface area (Å²) in [4.78, 5) is 14.2. The molecular weight excluding hydrogens is 264 g/mol. The number of benzene rings is 2. The molecule has 4 nitrogen and oxygen atoms in total. The van der Waals surface area contributed by atoms with Crippen LogP contribution < -0.4 is 10.2 Å². The van der Waals surface area contributed by atoms with Crippen molar-refractivity contribution in [1.82, 2.24) is 5.32 Å². The van der Waals surface area contributed by atoms with Gasteiger partial charge in [0, 0.05) is 23.5 Å². The maximum absolute atomic E-state index is 12.5. The van der Waals surface area contributed by atoms with Gasteiger partial charge in [-0.05, 0) is 17.5 Å². The summed E-state index contributed by atoms with van der Waals surface area (Å²) in [6, 6.07) is 12.0. The number of hydrogen-bond donors (Lipinski definition) is 2. The van der Waals surface area contributed by atoms with Crippen LogP contribution in [0.15, 0.2) is 36.4 Å². The minimum absolute atomic E-state index is 0.0228. The van der Waals surface area contributed by atoms with Gasteiger partial charge in [-0.3, -0.25) is 4.79 Å².